The summed E-state index contributed by atoms with van der Waals surface area (Å²) in [5.41, 5.74) is 1.69. The van der Waals surface area contributed by atoms with E-state index in [9.17, 15) is 14.4 Å². The van der Waals surface area contributed by atoms with Gasteiger partial charge in [0.2, 0.25) is 0 Å². The number of benzene rings is 3. The van der Waals surface area contributed by atoms with E-state index in [0.717, 1.165) is 33.0 Å². The number of hydrogen-bond acceptors (Lipinski definition) is 6. The summed E-state index contributed by atoms with van der Waals surface area (Å²) in [5, 5.41) is 1.79. The Morgan fingerprint density at radius 2 is 1.75 bits per heavy atom. The average Bonchev–Trinajstić information content (AvgIpc) is 3.09. The number of thioether (sulfide) groups is 1. The molecule has 0 unspecified atom stereocenters. The van der Waals surface area contributed by atoms with Crippen LogP contribution in [0.25, 0.3) is 16.8 Å². The van der Waals surface area contributed by atoms with E-state index in [0.29, 0.717) is 17.9 Å². The van der Waals surface area contributed by atoms with Crippen LogP contribution in [0, 0.1) is 0 Å². The van der Waals surface area contributed by atoms with Crippen molar-refractivity contribution < 1.29 is 23.9 Å². The number of carbonyl (C=O) groups is 3. The third-order valence-electron chi connectivity index (χ3n) is 5.17. The Morgan fingerprint density at radius 3 is 2.53 bits per heavy atom. The van der Waals surface area contributed by atoms with Crippen molar-refractivity contribution in [2.45, 2.75) is 19.6 Å². The highest BCUT2D eigenvalue weighted by atomic mass is 32.2. The van der Waals surface area contributed by atoms with Crippen molar-refractivity contribution in [1.82, 2.24) is 4.90 Å². The number of nitrogens with zero attached hydrogens (tertiary/aromatic N) is 1. The number of amides is 2. The lowest BCUT2D eigenvalue weighted by Crippen LogP contribution is -2.42. The highest BCUT2D eigenvalue weighted by molar-refractivity contribution is 8.18. The molecule has 1 atom stereocenters. The van der Waals surface area contributed by atoms with Gasteiger partial charge in [-0.15, -0.1) is 0 Å². The van der Waals surface area contributed by atoms with Crippen molar-refractivity contribution in [3.63, 3.8) is 0 Å². The molecule has 32 heavy (non-hydrogen) atoms. The van der Waals surface area contributed by atoms with Crippen molar-refractivity contribution >= 4 is 45.7 Å². The van der Waals surface area contributed by atoms with Gasteiger partial charge >= 0.3 is 5.97 Å². The highest BCUT2D eigenvalue weighted by Crippen LogP contribution is 2.35. The standard InChI is InChI=1S/C25H21NO5S/c1-16(24(28)30-2)26-23(27)22(32-25(26)29)14-20-9-5-6-10-21(20)31-15-17-11-12-18-7-3-4-8-19(18)13-17/h3-14,16H,15H2,1-2H3/b22-14+/t16-/m0/s1. The molecule has 3 aromatic carbocycles. The lowest BCUT2D eigenvalue weighted by Gasteiger charge is -2.18. The molecule has 0 aromatic heterocycles. The number of fused-ring (bicyclic) bond motifs is 1. The number of carbonyl (C=O) groups excluding carboxylic acids is 3. The molecule has 0 aliphatic carbocycles. The molecular formula is C25H21NO5S. The molecule has 0 saturated carbocycles. The average molecular weight is 448 g/mol. The second-order valence-corrected chi connectivity index (χ2v) is 8.25. The van der Waals surface area contributed by atoms with E-state index in [1.807, 2.05) is 42.5 Å². The molecule has 0 N–H and O–H groups in total. The fraction of sp³-hybridized carbons (Fsp3) is 0.160. The fourth-order valence-electron chi connectivity index (χ4n) is 3.45. The summed E-state index contributed by atoms with van der Waals surface area (Å²) in [6.45, 7) is 1.82. The predicted octanol–water partition coefficient (Wildman–Crippen LogP) is 5.02. The van der Waals surface area contributed by atoms with Gasteiger partial charge in [-0.25, -0.2) is 4.79 Å². The molecule has 0 bridgehead atoms. The predicted molar refractivity (Wildman–Crippen MR) is 124 cm³/mol. The van der Waals surface area contributed by atoms with E-state index in [1.54, 1.807) is 6.08 Å². The Bertz CT molecular complexity index is 1240. The van der Waals surface area contributed by atoms with E-state index < -0.39 is 23.2 Å². The smallest absolute Gasteiger partial charge is 0.328 e. The first-order valence-corrected chi connectivity index (χ1v) is 10.8. The van der Waals surface area contributed by atoms with E-state index in [1.165, 1.54) is 14.0 Å². The van der Waals surface area contributed by atoms with Gasteiger partial charge in [-0.3, -0.25) is 14.5 Å². The number of esters is 1. The summed E-state index contributed by atoms with van der Waals surface area (Å²) >= 11 is 0.793. The van der Waals surface area contributed by atoms with Gasteiger partial charge in [0.25, 0.3) is 11.1 Å². The minimum Gasteiger partial charge on any atom is -0.488 e. The van der Waals surface area contributed by atoms with E-state index in [2.05, 4.69) is 29.0 Å². The first kappa shape index (κ1) is 21.6. The van der Waals surface area contributed by atoms with Crippen LogP contribution in [0.5, 0.6) is 5.75 Å². The van der Waals surface area contributed by atoms with Crippen molar-refractivity contribution in [2.24, 2.45) is 0 Å². The van der Waals surface area contributed by atoms with E-state index in [-0.39, 0.29) is 4.91 Å². The molecule has 1 aliphatic heterocycles. The van der Waals surface area contributed by atoms with Crippen LogP contribution in [0.3, 0.4) is 0 Å². The van der Waals surface area contributed by atoms with Crippen LogP contribution in [0.1, 0.15) is 18.1 Å². The van der Waals surface area contributed by atoms with Crippen molar-refractivity contribution in [1.29, 1.82) is 0 Å². The van der Waals surface area contributed by atoms with Crippen molar-refractivity contribution in [2.75, 3.05) is 7.11 Å². The molecule has 6 nitrogen and oxygen atoms in total. The minimum atomic E-state index is -0.988. The maximum atomic E-state index is 12.8. The Morgan fingerprint density at radius 1 is 1.03 bits per heavy atom. The molecule has 1 saturated heterocycles. The molecule has 1 heterocycles. The van der Waals surface area contributed by atoms with Crippen LogP contribution in [-0.2, 0) is 20.9 Å². The zero-order valence-electron chi connectivity index (χ0n) is 17.6. The molecule has 1 fully saturated rings. The number of imide groups is 1. The lowest BCUT2D eigenvalue weighted by atomic mass is 10.1. The Labute approximate surface area is 189 Å². The van der Waals surface area contributed by atoms with Crippen molar-refractivity contribution in [3.8, 4) is 5.75 Å². The van der Waals surface area contributed by atoms with Gasteiger partial charge in [-0.05, 0) is 53.2 Å². The molecular weight excluding hydrogens is 426 g/mol. The van der Waals surface area contributed by atoms with Crippen LogP contribution >= 0.6 is 11.8 Å². The van der Waals surface area contributed by atoms with Gasteiger partial charge in [0.1, 0.15) is 18.4 Å². The Hall–Kier alpha value is -3.58. The number of ether oxygens (including phenoxy) is 2. The molecule has 4 rings (SSSR count). The second kappa shape index (κ2) is 9.28. The first-order valence-electron chi connectivity index (χ1n) is 10.0. The van der Waals surface area contributed by atoms with Crippen LogP contribution in [0.2, 0.25) is 0 Å². The largest absolute Gasteiger partial charge is 0.488 e. The van der Waals surface area contributed by atoms with Crippen LogP contribution in [0.15, 0.2) is 71.6 Å². The quantitative estimate of drug-likeness (QED) is 0.390. The number of methoxy groups -OCH3 is 1. The summed E-state index contributed by atoms with van der Waals surface area (Å²) in [5.74, 6) is -0.580. The maximum absolute atomic E-state index is 12.8. The molecule has 7 heteroatoms. The molecule has 3 aromatic rings. The molecule has 162 valence electrons. The summed E-state index contributed by atoms with van der Waals surface area (Å²) in [4.78, 5) is 38.0. The summed E-state index contributed by atoms with van der Waals surface area (Å²) < 4.78 is 10.7. The van der Waals surface area contributed by atoms with Crippen LogP contribution in [-0.4, -0.2) is 35.2 Å². The number of para-hydroxylation sites is 1. The molecule has 0 radical (unpaired) electrons. The molecule has 0 spiro atoms. The van der Waals surface area contributed by atoms with Crippen LogP contribution in [0.4, 0.5) is 4.79 Å². The Kier molecular flexibility index (Phi) is 6.28. The third kappa shape index (κ3) is 4.38. The summed E-state index contributed by atoms with van der Waals surface area (Å²) in [6, 6.07) is 20.6. The minimum absolute atomic E-state index is 0.229. The zero-order valence-corrected chi connectivity index (χ0v) is 18.4. The number of hydrogen-bond donors (Lipinski definition) is 0. The highest BCUT2D eigenvalue weighted by Gasteiger charge is 2.41. The van der Waals surface area contributed by atoms with Gasteiger partial charge in [0.15, 0.2) is 0 Å². The SMILES string of the molecule is COC(=O)[C@H](C)N1C(=O)S/C(=C/c2ccccc2OCc2ccc3ccccc3c2)C1=O. The van der Waals surface area contributed by atoms with Crippen molar-refractivity contribution in [3.05, 3.63) is 82.8 Å². The molecule has 1 aliphatic rings. The summed E-state index contributed by atoms with van der Waals surface area (Å²) in [6.07, 6.45) is 1.62. The van der Waals surface area contributed by atoms with E-state index in [4.69, 9.17) is 4.74 Å². The second-order valence-electron chi connectivity index (χ2n) is 7.26. The monoisotopic (exact) mass is 447 g/mol. The Balaban J connectivity index is 1.54. The zero-order chi connectivity index (χ0) is 22.7. The third-order valence-corrected chi connectivity index (χ3v) is 6.05. The van der Waals surface area contributed by atoms with Gasteiger partial charge < -0.3 is 9.47 Å². The first-order chi connectivity index (χ1) is 15.5. The summed E-state index contributed by atoms with van der Waals surface area (Å²) in [7, 11) is 1.22. The molecule has 2 amide bonds. The lowest BCUT2D eigenvalue weighted by molar-refractivity contribution is -0.148. The topological polar surface area (TPSA) is 72.9 Å². The van der Waals surface area contributed by atoms with Gasteiger partial charge in [-0.1, -0.05) is 54.6 Å². The number of rotatable bonds is 6. The van der Waals surface area contributed by atoms with Gasteiger partial charge in [0, 0.05) is 5.56 Å². The normalized spacial score (nSPS) is 15.9. The van der Waals surface area contributed by atoms with Crippen LogP contribution < -0.4 is 4.74 Å². The van der Waals surface area contributed by atoms with E-state index >= 15 is 0 Å². The fourth-order valence-corrected chi connectivity index (χ4v) is 4.35. The van der Waals surface area contributed by atoms with Gasteiger partial charge in [0.05, 0.1) is 12.0 Å². The maximum Gasteiger partial charge on any atom is 0.328 e. The van der Waals surface area contributed by atoms with Gasteiger partial charge in [-0.2, -0.15) is 0 Å².